The largest absolute Gasteiger partial charge is 0.451 e. The lowest BCUT2D eigenvalue weighted by Crippen LogP contribution is -2.29. The molecule has 0 aliphatic carbocycles. The van der Waals surface area contributed by atoms with Crippen molar-refractivity contribution in [1.29, 1.82) is 0 Å². The van der Waals surface area contributed by atoms with Gasteiger partial charge in [0, 0.05) is 28.9 Å². The van der Waals surface area contributed by atoms with Gasteiger partial charge < -0.3 is 15.1 Å². The number of pyridine rings is 1. The Labute approximate surface area is 171 Å². The maximum atomic E-state index is 12.5. The molecule has 0 aliphatic heterocycles. The molecule has 0 fully saturated rings. The standard InChI is InChI=1S/C22H19N3O3S/c1-13(2)24-20(26)18-10-9-17(28-18)14-5-7-16(8-6-14)25-21(27)19-12-15-4-3-11-23-22(15)29-19/h3-13H,1-2H3,(H,24,26)(H,25,27). The number of fused-ring (bicyclic) bond motifs is 1. The van der Waals surface area contributed by atoms with Gasteiger partial charge in [0.1, 0.15) is 10.6 Å². The van der Waals surface area contributed by atoms with Crippen LogP contribution in [0.3, 0.4) is 0 Å². The molecule has 0 bridgehead atoms. The van der Waals surface area contributed by atoms with Gasteiger partial charge in [-0.1, -0.05) is 6.07 Å². The number of nitrogens with zero attached hydrogens (tertiary/aromatic N) is 1. The van der Waals surface area contributed by atoms with Gasteiger partial charge in [-0.2, -0.15) is 0 Å². The molecule has 146 valence electrons. The highest BCUT2D eigenvalue weighted by atomic mass is 32.1. The summed E-state index contributed by atoms with van der Waals surface area (Å²) in [6, 6.07) is 16.3. The van der Waals surface area contributed by atoms with E-state index in [4.69, 9.17) is 4.42 Å². The highest BCUT2D eigenvalue weighted by Gasteiger charge is 2.14. The molecular formula is C22H19N3O3S. The number of nitrogens with one attached hydrogen (secondary N) is 2. The van der Waals surface area contributed by atoms with Crippen LogP contribution < -0.4 is 10.6 Å². The Balaban J connectivity index is 1.46. The minimum absolute atomic E-state index is 0.0377. The second-order valence-electron chi connectivity index (χ2n) is 6.83. The van der Waals surface area contributed by atoms with Crippen LogP contribution in [0.5, 0.6) is 0 Å². The van der Waals surface area contributed by atoms with Crippen molar-refractivity contribution in [2.24, 2.45) is 0 Å². The van der Waals surface area contributed by atoms with Crippen LogP contribution in [0, 0.1) is 0 Å². The molecule has 4 aromatic rings. The van der Waals surface area contributed by atoms with Crippen molar-refractivity contribution in [2.75, 3.05) is 5.32 Å². The van der Waals surface area contributed by atoms with Crippen LogP contribution in [-0.2, 0) is 0 Å². The number of carbonyl (C=O) groups excluding carboxylic acids is 2. The Kier molecular flexibility index (Phi) is 5.14. The summed E-state index contributed by atoms with van der Waals surface area (Å²) in [5.74, 6) is 0.441. The number of rotatable bonds is 5. The van der Waals surface area contributed by atoms with Gasteiger partial charge in [0.25, 0.3) is 11.8 Å². The van der Waals surface area contributed by atoms with E-state index in [1.54, 1.807) is 30.5 Å². The van der Waals surface area contributed by atoms with Crippen LogP contribution in [-0.4, -0.2) is 22.8 Å². The number of anilines is 1. The summed E-state index contributed by atoms with van der Waals surface area (Å²) in [6.45, 7) is 3.79. The van der Waals surface area contributed by atoms with Crippen molar-refractivity contribution >= 4 is 39.1 Å². The highest BCUT2D eigenvalue weighted by Crippen LogP contribution is 2.26. The van der Waals surface area contributed by atoms with E-state index in [9.17, 15) is 9.59 Å². The van der Waals surface area contributed by atoms with E-state index < -0.39 is 0 Å². The Morgan fingerprint density at radius 3 is 2.55 bits per heavy atom. The zero-order chi connectivity index (χ0) is 20.4. The first kappa shape index (κ1) is 18.9. The first-order chi connectivity index (χ1) is 14.0. The van der Waals surface area contributed by atoms with Crippen LogP contribution in [0.15, 0.2) is 65.2 Å². The number of benzene rings is 1. The van der Waals surface area contributed by atoms with Crippen LogP contribution in [0.25, 0.3) is 21.5 Å². The first-order valence-corrected chi connectivity index (χ1v) is 9.98. The van der Waals surface area contributed by atoms with Gasteiger partial charge in [-0.3, -0.25) is 9.59 Å². The number of carbonyl (C=O) groups is 2. The second-order valence-corrected chi connectivity index (χ2v) is 7.86. The summed E-state index contributed by atoms with van der Waals surface area (Å²) < 4.78 is 5.65. The molecule has 3 heterocycles. The quantitative estimate of drug-likeness (QED) is 0.492. The number of thiophene rings is 1. The van der Waals surface area contributed by atoms with Gasteiger partial charge in [0.2, 0.25) is 0 Å². The van der Waals surface area contributed by atoms with Gasteiger partial charge in [0.05, 0.1) is 4.88 Å². The fourth-order valence-electron chi connectivity index (χ4n) is 2.84. The molecule has 0 atom stereocenters. The Morgan fingerprint density at radius 1 is 1.03 bits per heavy atom. The molecule has 7 heteroatoms. The first-order valence-electron chi connectivity index (χ1n) is 9.16. The van der Waals surface area contributed by atoms with Crippen molar-refractivity contribution < 1.29 is 14.0 Å². The average molecular weight is 405 g/mol. The molecule has 0 spiro atoms. The lowest BCUT2D eigenvalue weighted by atomic mass is 10.1. The molecular weight excluding hydrogens is 386 g/mol. The van der Waals surface area contributed by atoms with Gasteiger partial charge in [0.15, 0.2) is 5.76 Å². The van der Waals surface area contributed by atoms with E-state index in [2.05, 4.69) is 15.6 Å². The van der Waals surface area contributed by atoms with Crippen LogP contribution in [0.4, 0.5) is 5.69 Å². The Morgan fingerprint density at radius 2 is 1.83 bits per heavy atom. The van der Waals surface area contributed by atoms with E-state index in [1.165, 1.54) is 11.3 Å². The average Bonchev–Trinajstić information content (AvgIpc) is 3.35. The number of aromatic nitrogens is 1. The molecule has 3 aromatic heterocycles. The maximum Gasteiger partial charge on any atom is 0.287 e. The lowest BCUT2D eigenvalue weighted by molar-refractivity contribution is 0.0915. The van der Waals surface area contributed by atoms with Crippen LogP contribution in [0.1, 0.15) is 34.1 Å². The molecule has 29 heavy (non-hydrogen) atoms. The number of furan rings is 1. The topological polar surface area (TPSA) is 84.2 Å². The molecule has 0 saturated heterocycles. The molecule has 2 amide bonds. The third-order valence-corrected chi connectivity index (χ3v) is 5.25. The minimum atomic E-state index is -0.243. The molecule has 0 saturated carbocycles. The summed E-state index contributed by atoms with van der Waals surface area (Å²) >= 11 is 1.36. The SMILES string of the molecule is CC(C)NC(=O)c1ccc(-c2ccc(NC(=O)c3cc4cccnc4s3)cc2)o1. The minimum Gasteiger partial charge on any atom is -0.451 e. The fourth-order valence-corrected chi connectivity index (χ4v) is 3.74. The summed E-state index contributed by atoms with van der Waals surface area (Å²) in [6.07, 6.45) is 1.71. The van der Waals surface area contributed by atoms with E-state index in [0.717, 1.165) is 15.8 Å². The predicted octanol–water partition coefficient (Wildman–Crippen LogP) is 4.95. The molecule has 1 aromatic carbocycles. The molecule has 2 N–H and O–H groups in total. The summed E-state index contributed by atoms with van der Waals surface area (Å²) in [5.41, 5.74) is 1.49. The third-order valence-electron chi connectivity index (χ3n) is 4.19. The van der Waals surface area contributed by atoms with Crippen molar-refractivity contribution in [3.05, 3.63) is 71.4 Å². The number of hydrogen-bond acceptors (Lipinski definition) is 5. The van der Waals surface area contributed by atoms with Crippen molar-refractivity contribution in [1.82, 2.24) is 10.3 Å². The van der Waals surface area contributed by atoms with Crippen LogP contribution in [0.2, 0.25) is 0 Å². The van der Waals surface area contributed by atoms with E-state index in [1.807, 2.05) is 44.2 Å². The molecule has 0 aliphatic rings. The number of hydrogen-bond donors (Lipinski definition) is 2. The lowest BCUT2D eigenvalue weighted by Gasteiger charge is -2.06. The molecule has 4 rings (SSSR count). The zero-order valence-electron chi connectivity index (χ0n) is 15.9. The second kappa shape index (κ2) is 7.89. The van der Waals surface area contributed by atoms with Crippen molar-refractivity contribution in [2.45, 2.75) is 19.9 Å². The predicted molar refractivity (Wildman–Crippen MR) is 114 cm³/mol. The van der Waals surface area contributed by atoms with Gasteiger partial charge in [-0.05, 0) is 62.4 Å². The molecule has 0 unspecified atom stereocenters. The summed E-state index contributed by atoms with van der Waals surface area (Å²) in [7, 11) is 0. The van der Waals surface area contributed by atoms with E-state index in [-0.39, 0.29) is 23.6 Å². The van der Waals surface area contributed by atoms with Gasteiger partial charge in [-0.25, -0.2) is 4.98 Å². The van der Waals surface area contributed by atoms with E-state index >= 15 is 0 Å². The smallest absolute Gasteiger partial charge is 0.287 e. The van der Waals surface area contributed by atoms with Crippen molar-refractivity contribution in [3.8, 4) is 11.3 Å². The van der Waals surface area contributed by atoms with E-state index in [0.29, 0.717) is 16.3 Å². The maximum absolute atomic E-state index is 12.5. The fraction of sp³-hybridized carbons (Fsp3) is 0.136. The third kappa shape index (κ3) is 4.20. The summed E-state index contributed by atoms with van der Waals surface area (Å²) in [5, 5.41) is 6.64. The monoisotopic (exact) mass is 405 g/mol. The molecule has 6 nitrogen and oxygen atoms in total. The normalized spacial score (nSPS) is 11.0. The zero-order valence-corrected chi connectivity index (χ0v) is 16.7. The summed E-state index contributed by atoms with van der Waals surface area (Å²) in [4.78, 5) is 30.2. The van der Waals surface area contributed by atoms with Gasteiger partial charge >= 0.3 is 0 Å². The highest BCUT2D eigenvalue weighted by molar-refractivity contribution is 7.20. The Bertz CT molecular complexity index is 1140. The molecule has 0 radical (unpaired) electrons. The van der Waals surface area contributed by atoms with Crippen LogP contribution >= 0.6 is 11.3 Å². The Hall–Kier alpha value is -3.45. The number of amides is 2. The van der Waals surface area contributed by atoms with Gasteiger partial charge in [-0.15, -0.1) is 11.3 Å². The van der Waals surface area contributed by atoms with Crippen molar-refractivity contribution in [3.63, 3.8) is 0 Å².